The molecule has 4 heteroatoms. The minimum absolute atomic E-state index is 0.654. The maximum absolute atomic E-state index is 9.78. The van der Waals surface area contributed by atoms with Crippen LogP contribution in [0.15, 0.2) is 206 Å². The summed E-state index contributed by atoms with van der Waals surface area (Å²) < 4.78 is 2.28. The summed E-state index contributed by atoms with van der Waals surface area (Å²) in [6, 6.07) is 75.1. The van der Waals surface area contributed by atoms with Crippen LogP contribution in [0.5, 0.6) is 0 Å². The van der Waals surface area contributed by atoms with Crippen molar-refractivity contribution in [1.82, 2.24) is 14.5 Å². The number of para-hydroxylation sites is 1. The average Bonchev–Trinajstić information content (AvgIpc) is 3.66. The molecule has 2 aromatic heterocycles. The van der Waals surface area contributed by atoms with E-state index in [1.165, 1.54) is 32.5 Å². The SMILES string of the molecule is N#Cc1ccc2c(c1)c1cc(-c3ccc(-c4ccc5ccc6c(-c7nc(-c8ccccc8)cc(-c8ccccc8)n7)ccc7ccc4c5c76)cc3)ccc1n2-c1ccccc1. The molecule has 2 heterocycles. The average molecular weight is 775 g/mol. The van der Waals surface area contributed by atoms with E-state index in [0.717, 1.165) is 77.6 Å². The monoisotopic (exact) mass is 774 g/mol. The lowest BCUT2D eigenvalue weighted by Crippen LogP contribution is -1.97. The van der Waals surface area contributed by atoms with E-state index in [9.17, 15) is 5.26 Å². The first-order chi connectivity index (χ1) is 30.2. The summed E-state index contributed by atoms with van der Waals surface area (Å²) >= 11 is 0. The van der Waals surface area contributed by atoms with Crippen LogP contribution in [0.2, 0.25) is 0 Å². The molecule has 12 aromatic rings. The summed E-state index contributed by atoms with van der Waals surface area (Å²) in [5.74, 6) is 0.710. The van der Waals surface area contributed by atoms with Crippen LogP contribution >= 0.6 is 0 Å². The van der Waals surface area contributed by atoms with Crippen LogP contribution in [-0.2, 0) is 0 Å². The molecule has 61 heavy (non-hydrogen) atoms. The van der Waals surface area contributed by atoms with E-state index < -0.39 is 0 Å². The topological polar surface area (TPSA) is 54.5 Å². The summed E-state index contributed by atoms with van der Waals surface area (Å²) in [5.41, 5.74) is 13.5. The number of rotatable bonds is 6. The van der Waals surface area contributed by atoms with Gasteiger partial charge >= 0.3 is 0 Å². The molecule has 0 aliphatic rings. The molecule has 0 N–H and O–H groups in total. The molecule has 12 rings (SSSR count). The van der Waals surface area contributed by atoms with Crippen LogP contribution < -0.4 is 0 Å². The van der Waals surface area contributed by atoms with Crippen molar-refractivity contribution < 1.29 is 0 Å². The van der Waals surface area contributed by atoms with Crippen molar-refractivity contribution in [2.45, 2.75) is 0 Å². The summed E-state index contributed by atoms with van der Waals surface area (Å²) in [7, 11) is 0. The Morgan fingerprint density at radius 3 is 1.51 bits per heavy atom. The highest BCUT2D eigenvalue weighted by Gasteiger charge is 2.19. The minimum Gasteiger partial charge on any atom is -0.309 e. The van der Waals surface area contributed by atoms with Gasteiger partial charge in [-0.2, -0.15) is 5.26 Å². The van der Waals surface area contributed by atoms with Gasteiger partial charge in [0.15, 0.2) is 5.82 Å². The van der Waals surface area contributed by atoms with Gasteiger partial charge in [0, 0.05) is 33.2 Å². The first kappa shape index (κ1) is 34.6. The highest BCUT2D eigenvalue weighted by Crippen LogP contribution is 2.43. The molecule has 10 aromatic carbocycles. The largest absolute Gasteiger partial charge is 0.309 e. The molecule has 0 aliphatic heterocycles. The first-order valence-corrected chi connectivity index (χ1v) is 20.5. The molecule has 0 saturated heterocycles. The van der Waals surface area contributed by atoms with E-state index >= 15 is 0 Å². The smallest absolute Gasteiger partial charge is 0.161 e. The Kier molecular flexibility index (Phi) is 7.88. The second kappa shape index (κ2) is 13.9. The van der Waals surface area contributed by atoms with Crippen molar-refractivity contribution in [2.24, 2.45) is 0 Å². The van der Waals surface area contributed by atoms with Crippen molar-refractivity contribution in [3.63, 3.8) is 0 Å². The first-order valence-electron chi connectivity index (χ1n) is 20.5. The Balaban J connectivity index is 0.969. The Morgan fingerprint density at radius 2 is 0.885 bits per heavy atom. The zero-order chi connectivity index (χ0) is 40.4. The molecule has 0 atom stereocenters. The van der Waals surface area contributed by atoms with Gasteiger partial charge in [-0.3, -0.25) is 0 Å². The third kappa shape index (κ3) is 5.67. The second-order valence-electron chi connectivity index (χ2n) is 15.7. The van der Waals surface area contributed by atoms with E-state index in [1.807, 2.05) is 30.3 Å². The van der Waals surface area contributed by atoms with E-state index in [2.05, 4.69) is 187 Å². The lowest BCUT2D eigenvalue weighted by atomic mass is 9.88. The van der Waals surface area contributed by atoms with Gasteiger partial charge in [0.1, 0.15) is 0 Å². The van der Waals surface area contributed by atoms with Gasteiger partial charge in [0.2, 0.25) is 0 Å². The molecular weight excluding hydrogens is 741 g/mol. The number of nitrogens with zero attached hydrogens (tertiary/aromatic N) is 4. The summed E-state index contributed by atoms with van der Waals surface area (Å²) in [5, 5.41) is 19.2. The minimum atomic E-state index is 0.654. The molecule has 0 spiro atoms. The number of hydrogen-bond acceptors (Lipinski definition) is 3. The van der Waals surface area contributed by atoms with Crippen LogP contribution in [0.4, 0.5) is 0 Å². The van der Waals surface area contributed by atoms with Gasteiger partial charge in [-0.05, 0) is 109 Å². The number of benzene rings is 10. The number of nitriles is 1. The Labute approximate surface area is 352 Å². The Morgan fingerprint density at radius 1 is 0.377 bits per heavy atom. The van der Waals surface area contributed by atoms with Crippen molar-refractivity contribution in [2.75, 3.05) is 0 Å². The van der Waals surface area contributed by atoms with E-state index in [-0.39, 0.29) is 0 Å². The fourth-order valence-corrected chi connectivity index (χ4v) is 9.30. The quantitative estimate of drug-likeness (QED) is 0.158. The standard InChI is InChI=1S/C57H34N4/c58-35-36-16-30-53-49(32-36)50-33-43(25-31-54(50)61(53)44-14-8-3-9-15-44)37-17-19-38(20-18-37)45-26-21-41-23-28-47-48(29-24-42-22-27-46(45)55(41)56(42)47)57-59-51(39-10-4-1-5-11-39)34-52(60-57)40-12-6-2-7-13-40/h1-34H. The number of hydrogen-bond donors (Lipinski definition) is 0. The van der Waals surface area contributed by atoms with E-state index in [4.69, 9.17) is 9.97 Å². The summed E-state index contributed by atoms with van der Waals surface area (Å²) in [4.78, 5) is 10.4. The van der Waals surface area contributed by atoms with E-state index in [0.29, 0.717) is 11.4 Å². The fraction of sp³-hybridized carbons (Fsp3) is 0. The van der Waals surface area contributed by atoms with Gasteiger partial charge in [0.05, 0.1) is 34.1 Å². The van der Waals surface area contributed by atoms with Crippen LogP contribution in [0.3, 0.4) is 0 Å². The van der Waals surface area contributed by atoms with Crippen molar-refractivity contribution in [3.8, 4) is 67.9 Å². The normalized spacial score (nSPS) is 11.6. The Hall–Kier alpha value is -8.39. The third-order valence-corrected chi connectivity index (χ3v) is 12.2. The molecular formula is C57H34N4. The van der Waals surface area contributed by atoms with Crippen molar-refractivity contribution in [1.29, 1.82) is 5.26 Å². The fourth-order valence-electron chi connectivity index (χ4n) is 9.30. The molecule has 0 saturated carbocycles. The molecule has 0 radical (unpaired) electrons. The molecule has 0 fully saturated rings. The highest BCUT2D eigenvalue weighted by atomic mass is 15.0. The van der Waals surface area contributed by atoms with Gasteiger partial charge in [-0.15, -0.1) is 0 Å². The van der Waals surface area contributed by atoms with E-state index in [1.54, 1.807) is 0 Å². The maximum Gasteiger partial charge on any atom is 0.161 e. The number of aromatic nitrogens is 3. The van der Waals surface area contributed by atoms with Crippen LogP contribution in [0.1, 0.15) is 5.56 Å². The number of fused-ring (bicyclic) bond motifs is 3. The highest BCUT2D eigenvalue weighted by molar-refractivity contribution is 6.27. The van der Waals surface area contributed by atoms with Gasteiger partial charge in [0.25, 0.3) is 0 Å². The maximum atomic E-state index is 9.78. The molecule has 4 nitrogen and oxygen atoms in total. The zero-order valence-electron chi connectivity index (χ0n) is 32.9. The van der Waals surface area contributed by atoms with Crippen molar-refractivity contribution >= 4 is 54.1 Å². The summed E-state index contributed by atoms with van der Waals surface area (Å²) in [6.45, 7) is 0. The van der Waals surface area contributed by atoms with Crippen LogP contribution in [0.25, 0.3) is 116 Å². The van der Waals surface area contributed by atoms with Crippen LogP contribution in [0, 0.1) is 11.3 Å². The Bertz CT molecular complexity index is 3620. The lowest BCUT2D eigenvalue weighted by molar-refractivity contribution is 1.18. The second-order valence-corrected chi connectivity index (χ2v) is 15.7. The molecule has 0 aliphatic carbocycles. The molecule has 0 amide bonds. The molecule has 282 valence electrons. The van der Waals surface area contributed by atoms with Gasteiger partial charge < -0.3 is 4.57 Å². The zero-order valence-corrected chi connectivity index (χ0v) is 32.9. The van der Waals surface area contributed by atoms with Gasteiger partial charge in [-0.1, -0.05) is 152 Å². The molecule has 0 bridgehead atoms. The van der Waals surface area contributed by atoms with Crippen LogP contribution in [-0.4, -0.2) is 14.5 Å². The lowest BCUT2D eigenvalue weighted by Gasteiger charge is -2.17. The van der Waals surface area contributed by atoms with Gasteiger partial charge in [-0.25, -0.2) is 9.97 Å². The molecule has 0 unspecified atom stereocenters. The summed E-state index contributed by atoms with van der Waals surface area (Å²) in [6.07, 6.45) is 0. The predicted octanol–water partition coefficient (Wildman–Crippen LogP) is 14.7. The predicted molar refractivity (Wildman–Crippen MR) is 252 cm³/mol. The van der Waals surface area contributed by atoms with Crippen molar-refractivity contribution in [3.05, 3.63) is 212 Å². The third-order valence-electron chi connectivity index (χ3n) is 12.2.